The summed E-state index contributed by atoms with van der Waals surface area (Å²) in [6.45, 7) is 5.55. The minimum atomic E-state index is -0.653. The Kier molecular flexibility index (Phi) is 5.90. The Morgan fingerprint density at radius 2 is 1.93 bits per heavy atom. The van der Waals surface area contributed by atoms with Crippen molar-refractivity contribution in [2.24, 2.45) is 0 Å². The number of carbonyl (C=O) groups excluding carboxylic acids is 3. The second-order valence-corrected chi connectivity index (χ2v) is 7.79. The van der Waals surface area contributed by atoms with E-state index in [1.807, 2.05) is 18.2 Å². The summed E-state index contributed by atoms with van der Waals surface area (Å²) >= 11 is 0. The van der Waals surface area contributed by atoms with Crippen LogP contribution >= 0.6 is 0 Å². The molecule has 0 spiro atoms. The van der Waals surface area contributed by atoms with Crippen molar-refractivity contribution < 1.29 is 23.9 Å². The van der Waals surface area contributed by atoms with E-state index < -0.39 is 17.5 Å². The van der Waals surface area contributed by atoms with Gasteiger partial charge in [-0.2, -0.15) is 0 Å². The monoisotopic (exact) mass is 405 g/mol. The van der Waals surface area contributed by atoms with Crippen LogP contribution in [0.5, 0.6) is 0 Å². The first-order valence-corrected chi connectivity index (χ1v) is 9.48. The molecule has 1 heterocycles. The van der Waals surface area contributed by atoms with Gasteiger partial charge in [0.25, 0.3) is 5.91 Å². The van der Waals surface area contributed by atoms with Crippen molar-refractivity contribution in [3.05, 3.63) is 77.1 Å². The summed E-state index contributed by atoms with van der Waals surface area (Å²) in [6.07, 6.45) is 7.89. The Hall–Kier alpha value is -3.63. The van der Waals surface area contributed by atoms with Crippen molar-refractivity contribution in [2.75, 3.05) is 18.6 Å². The lowest BCUT2D eigenvalue weighted by Crippen LogP contribution is -2.28. The lowest BCUT2D eigenvalue weighted by Gasteiger charge is -2.18. The van der Waals surface area contributed by atoms with E-state index in [1.54, 1.807) is 50.0 Å². The molecule has 0 N–H and O–H groups in total. The van der Waals surface area contributed by atoms with Crippen LogP contribution in [0.25, 0.3) is 5.57 Å². The number of methoxy groups -OCH3 is 1. The molecule has 1 aromatic rings. The van der Waals surface area contributed by atoms with Gasteiger partial charge in [0.2, 0.25) is 0 Å². The van der Waals surface area contributed by atoms with Gasteiger partial charge in [-0.3, -0.25) is 4.79 Å². The summed E-state index contributed by atoms with van der Waals surface area (Å²) in [4.78, 5) is 38.7. The van der Waals surface area contributed by atoms with E-state index >= 15 is 0 Å². The lowest BCUT2D eigenvalue weighted by molar-refractivity contribution is -0.148. The maximum atomic E-state index is 13.1. The zero-order valence-electron chi connectivity index (χ0n) is 17.4. The average Bonchev–Trinajstić information content (AvgIpc) is 2.84. The van der Waals surface area contributed by atoms with Crippen LogP contribution in [0.3, 0.4) is 0 Å². The molecule has 2 aliphatic rings. The molecule has 0 unspecified atom stereocenters. The topological polar surface area (TPSA) is 72.9 Å². The van der Waals surface area contributed by atoms with E-state index in [-0.39, 0.29) is 18.0 Å². The SMILES string of the molecule is COC(=O)C1=CC=CC(CN2C(=O)/C(=C/C(=O)OC(C)(C)C)c3ccccc32)=C=C1. The standard InChI is InChI=1S/C24H23NO5/c1-24(2,3)30-21(26)14-19-18-10-5-6-11-20(18)25(22(19)27)15-16-8-7-9-17(13-12-16)23(28)29-4/h5-11,13-14H,15H2,1-4H3/b19-14+. The van der Waals surface area contributed by atoms with E-state index in [0.717, 1.165) is 0 Å². The van der Waals surface area contributed by atoms with Gasteiger partial charge in [-0.1, -0.05) is 24.3 Å². The minimum absolute atomic E-state index is 0.233. The quantitative estimate of drug-likeness (QED) is 0.435. The van der Waals surface area contributed by atoms with Crippen LogP contribution < -0.4 is 4.90 Å². The summed E-state index contributed by atoms with van der Waals surface area (Å²) in [5.74, 6) is -1.32. The van der Waals surface area contributed by atoms with E-state index in [1.165, 1.54) is 19.3 Å². The number of nitrogens with zero attached hydrogens (tertiary/aromatic N) is 1. The molecule has 6 heteroatoms. The third-order valence-corrected chi connectivity index (χ3v) is 4.37. The molecule has 0 atom stereocenters. The fraction of sp³-hybridized carbons (Fsp3) is 0.250. The Labute approximate surface area is 175 Å². The highest BCUT2D eigenvalue weighted by molar-refractivity contribution is 6.34. The van der Waals surface area contributed by atoms with Crippen LogP contribution in [0.2, 0.25) is 0 Å². The van der Waals surface area contributed by atoms with Gasteiger partial charge in [0.05, 0.1) is 30.5 Å². The number of esters is 2. The van der Waals surface area contributed by atoms with Crippen LogP contribution in [0, 0.1) is 0 Å². The molecule has 6 nitrogen and oxygen atoms in total. The van der Waals surface area contributed by atoms with Gasteiger partial charge in [0, 0.05) is 17.2 Å². The highest BCUT2D eigenvalue weighted by Gasteiger charge is 2.33. The highest BCUT2D eigenvalue weighted by Crippen LogP contribution is 2.37. The van der Waals surface area contributed by atoms with E-state index in [9.17, 15) is 14.4 Å². The van der Waals surface area contributed by atoms with Crippen LogP contribution in [0.15, 0.2) is 71.5 Å². The van der Waals surface area contributed by atoms with Crippen molar-refractivity contribution in [3.63, 3.8) is 0 Å². The number of fused-ring (bicyclic) bond motifs is 1. The molecule has 0 saturated carbocycles. The summed E-state index contributed by atoms with van der Waals surface area (Å²) in [7, 11) is 1.31. The molecule has 154 valence electrons. The molecular formula is C24H23NO5. The Balaban J connectivity index is 1.91. The van der Waals surface area contributed by atoms with Crippen molar-refractivity contribution in [2.45, 2.75) is 26.4 Å². The minimum Gasteiger partial charge on any atom is -0.465 e. The number of para-hydroxylation sites is 1. The molecule has 0 bridgehead atoms. The molecule has 1 aromatic carbocycles. The third kappa shape index (κ3) is 4.67. The summed E-state index contributed by atoms with van der Waals surface area (Å²) in [5, 5.41) is 0. The van der Waals surface area contributed by atoms with Gasteiger partial charge in [-0.25, -0.2) is 9.59 Å². The van der Waals surface area contributed by atoms with Crippen molar-refractivity contribution >= 4 is 29.1 Å². The van der Waals surface area contributed by atoms with E-state index in [2.05, 4.69) is 5.73 Å². The predicted molar refractivity (Wildman–Crippen MR) is 113 cm³/mol. The lowest BCUT2D eigenvalue weighted by atomic mass is 10.1. The van der Waals surface area contributed by atoms with Crippen LogP contribution in [0.4, 0.5) is 5.69 Å². The molecule has 1 aliphatic heterocycles. The van der Waals surface area contributed by atoms with Gasteiger partial charge >= 0.3 is 11.9 Å². The third-order valence-electron chi connectivity index (χ3n) is 4.37. The summed E-state index contributed by atoms with van der Waals surface area (Å²) < 4.78 is 10.1. The van der Waals surface area contributed by atoms with Gasteiger partial charge in [-0.05, 0) is 45.1 Å². The zero-order chi connectivity index (χ0) is 21.9. The molecule has 1 aliphatic carbocycles. The second kappa shape index (κ2) is 8.39. The Bertz CT molecular complexity index is 1060. The Morgan fingerprint density at radius 3 is 2.63 bits per heavy atom. The zero-order valence-corrected chi connectivity index (χ0v) is 17.4. The van der Waals surface area contributed by atoms with Crippen molar-refractivity contribution in [1.29, 1.82) is 0 Å². The first-order valence-electron chi connectivity index (χ1n) is 9.48. The Morgan fingerprint density at radius 1 is 1.20 bits per heavy atom. The van der Waals surface area contributed by atoms with E-state index in [0.29, 0.717) is 22.4 Å². The number of allylic oxidation sites excluding steroid dienone is 2. The molecular weight excluding hydrogens is 382 g/mol. The second-order valence-electron chi connectivity index (χ2n) is 7.79. The smallest absolute Gasteiger partial charge is 0.338 e. The number of ether oxygens (including phenoxy) is 2. The molecule has 3 rings (SSSR count). The largest absolute Gasteiger partial charge is 0.465 e. The summed E-state index contributed by atoms with van der Waals surface area (Å²) in [5.41, 5.74) is 5.11. The van der Waals surface area contributed by atoms with Gasteiger partial charge in [0.1, 0.15) is 5.60 Å². The number of amides is 1. The van der Waals surface area contributed by atoms with Crippen molar-refractivity contribution in [3.8, 4) is 0 Å². The number of hydrogen-bond acceptors (Lipinski definition) is 5. The first-order chi connectivity index (χ1) is 14.2. The fourth-order valence-corrected chi connectivity index (χ4v) is 3.10. The number of anilines is 1. The number of rotatable bonds is 4. The fourth-order valence-electron chi connectivity index (χ4n) is 3.10. The van der Waals surface area contributed by atoms with Crippen molar-refractivity contribution in [1.82, 2.24) is 0 Å². The molecule has 30 heavy (non-hydrogen) atoms. The maximum absolute atomic E-state index is 13.1. The maximum Gasteiger partial charge on any atom is 0.338 e. The molecule has 0 aromatic heterocycles. The van der Waals surface area contributed by atoms with Crippen LogP contribution in [-0.2, 0) is 23.9 Å². The van der Waals surface area contributed by atoms with Gasteiger partial charge in [0.15, 0.2) is 0 Å². The first kappa shape index (κ1) is 21.1. The molecule has 1 amide bonds. The normalized spacial score (nSPS) is 16.7. The molecule has 0 fully saturated rings. The van der Waals surface area contributed by atoms with E-state index in [4.69, 9.17) is 9.47 Å². The van der Waals surface area contributed by atoms with Crippen LogP contribution in [-0.4, -0.2) is 37.1 Å². The average molecular weight is 405 g/mol. The van der Waals surface area contributed by atoms with Gasteiger partial charge in [-0.15, -0.1) is 5.73 Å². The molecule has 0 saturated heterocycles. The highest BCUT2D eigenvalue weighted by atomic mass is 16.6. The number of hydrogen-bond donors (Lipinski definition) is 0. The number of benzene rings is 1. The molecule has 0 radical (unpaired) electrons. The predicted octanol–water partition coefficient (Wildman–Crippen LogP) is 3.51. The summed E-state index contributed by atoms with van der Waals surface area (Å²) in [6, 6.07) is 7.27. The van der Waals surface area contributed by atoms with Crippen LogP contribution in [0.1, 0.15) is 26.3 Å². The number of carbonyl (C=O) groups is 3. The van der Waals surface area contributed by atoms with Gasteiger partial charge < -0.3 is 14.4 Å².